The van der Waals surface area contributed by atoms with Gasteiger partial charge in [-0.15, -0.1) is 10.2 Å². The van der Waals surface area contributed by atoms with Gasteiger partial charge in [0.05, 0.1) is 6.54 Å². The number of carbonyl (C=O) groups excluding carboxylic acids is 1. The lowest BCUT2D eigenvalue weighted by Crippen LogP contribution is -2.34. The maximum atomic E-state index is 11.4. The number of nitrogens with zero attached hydrogens (tertiary/aromatic N) is 2. The average molecular weight is 226 g/mol. The Balaban J connectivity index is 1.68. The summed E-state index contributed by atoms with van der Waals surface area (Å²) in [7, 11) is 0. The zero-order valence-corrected chi connectivity index (χ0v) is 9.22. The first-order valence-electron chi connectivity index (χ1n) is 5.14. The van der Waals surface area contributed by atoms with Crippen LogP contribution in [0.1, 0.15) is 25.7 Å². The van der Waals surface area contributed by atoms with Crippen LogP contribution in [-0.4, -0.2) is 28.7 Å². The van der Waals surface area contributed by atoms with Crippen LogP contribution in [0.5, 0.6) is 0 Å². The van der Waals surface area contributed by atoms with E-state index < -0.39 is 0 Å². The first-order valence-corrected chi connectivity index (χ1v) is 6.02. The molecule has 0 spiro atoms. The van der Waals surface area contributed by atoms with E-state index in [-0.39, 0.29) is 5.91 Å². The Morgan fingerprint density at radius 3 is 3.00 bits per heavy atom. The van der Waals surface area contributed by atoms with E-state index >= 15 is 0 Å². The molecular formula is C9H14N4OS. The molecule has 0 unspecified atom stereocenters. The molecule has 2 N–H and O–H groups in total. The van der Waals surface area contributed by atoms with Gasteiger partial charge in [-0.1, -0.05) is 24.2 Å². The lowest BCUT2D eigenvalue weighted by Gasteiger charge is -2.10. The molecule has 1 aromatic heterocycles. The van der Waals surface area contributed by atoms with Gasteiger partial charge in [0, 0.05) is 6.04 Å². The van der Waals surface area contributed by atoms with Gasteiger partial charge < -0.3 is 5.32 Å². The van der Waals surface area contributed by atoms with E-state index in [1.54, 1.807) is 5.51 Å². The van der Waals surface area contributed by atoms with Crippen LogP contribution in [0, 0.1) is 0 Å². The van der Waals surface area contributed by atoms with Gasteiger partial charge in [-0.25, -0.2) is 0 Å². The van der Waals surface area contributed by atoms with Crippen LogP contribution < -0.4 is 10.6 Å². The third-order valence-corrected chi connectivity index (χ3v) is 3.12. The average Bonchev–Trinajstić information content (AvgIpc) is 2.86. The van der Waals surface area contributed by atoms with E-state index in [9.17, 15) is 4.79 Å². The van der Waals surface area contributed by atoms with E-state index in [1.165, 1.54) is 37.0 Å². The fourth-order valence-corrected chi connectivity index (χ4v) is 2.22. The van der Waals surface area contributed by atoms with Gasteiger partial charge in [0.1, 0.15) is 5.51 Å². The zero-order valence-electron chi connectivity index (χ0n) is 8.40. The maximum Gasteiger partial charge on any atom is 0.240 e. The Morgan fingerprint density at radius 1 is 1.53 bits per heavy atom. The second-order valence-corrected chi connectivity index (χ2v) is 4.49. The summed E-state index contributed by atoms with van der Waals surface area (Å²) in [5.41, 5.74) is 1.60. The van der Waals surface area contributed by atoms with E-state index in [0.717, 1.165) is 0 Å². The summed E-state index contributed by atoms with van der Waals surface area (Å²) < 4.78 is 0. The minimum absolute atomic E-state index is 0.0429. The van der Waals surface area contributed by atoms with Crippen molar-refractivity contribution in [1.82, 2.24) is 15.5 Å². The van der Waals surface area contributed by atoms with Gasteiger partial charge in [-0.3, -0.25) is 10.1 Å². The number of nitrogens with one attached hydrogen (secondary N) is 2. The van der Waals surface area contributed by atoms with Crippen LogP contribution in [0.3, 0.4) is 0 Å². The fraction of sp³-hybridized carbons (Fsp3) is 0.667. The number of rotatable bonds is 4. The van der Waals surface area contributed by atoms with E-state index in [2.05, 4.69) is 20.8 Å². The zero-order chi connectivity index (χ0) is 10.5. The molecule has 0 saturated heterocycles. The summed E-state index contributed by atoms with van der Waals surface area (Å²) in [5.74, 6) is -0.0429. The molecule has 1 saturated carbocycles. The molecule has 1 amide bonds. The Labute approximate surface area is 92.3 Å². The molecule has 0 radical (unpaired) electrons. The van der Waals surface area contributed by atoms with Crippen LogP contribution in [0.2, 0.25) is 0 Å². The summed E-state index contributed by atoms with van der Waals surface area (Å²) in [6, 6.07) is 0.519. The summed E-state index contributed by atoms with van der Waals surface area (Å²) in [6.07, 6.45) is 4.92. The van der Waals surface area contributed by atoms with E-state index in [1.807, 2.05) is 0 Å². The molecule has 1 aromatic rings. The fourth-order valence-electron chi connectivity index (χ4n) is 1.76. The van der Waals surface area contributed by atoms with Gasteiger partial charge in [0.25, 0.3) is 0 Å². The highest BCUT2D eigenvalue weighted by Crippen LogP contribution is 2.17. The van der Waals surface area contributed by atoms with Crippen molar-refractivity contribution >= 4 is 22.4 Å². The Hall–Kier alpha value is -1.01. The second-order valence-electron chi connectivity index (χ2n) is 3.65. The third-order valence-electron chi connectivity index (χ3n) is 2.51. The van der Waals surface area contributed by atoms with Crippen molar-refractivity contribution in [3.8, 4) is 0 Å². The molecule has 5 nitrogen and oxygen atoms in total. The molecule has 1 fully saturated rings. The third kappa shape index (κ3) is 3.24. The van der Waals surface area contributed by atoms with E-state index in [4.69, 9.17) is 0 Å². The number of hydrogen-bond acceptors (Lipinski definition) is 5. The Kier molecular flexibility index (Phi) is 3.63. The standard InChI is InChI=1S/C9H14N4OS/c14-8(12-9-13-11-6-15-9)5-10-7-3-1-2-4-7/h6-7,10H,1-5H2,(H,12,13,14). The summed E-state index contributed by atoms with van der Waals surface area (Å²) in [4.78, 5) is 11.4. The normalized spacial score (nSPS) is 16.8. The van der Waals surface area contributed by atoms with Crippen molar-refractivity contribution < 1.29 is 4.79 Å². The van der Waals surface area contributed by atoms with Gasteiger partial charge in [-0.2, -0.15) is 0 Å². The van der Waals surface area contributed by atoms with Crippen LogP contribution in [-0.2, 0) is 4.79 Å². The molecule has 1 aliphatic carbocycles. The van der Waals surface area contributed by atoms with Gasteiger partial charge in [-0.05, 0) is 12.8 Å². The van der Waals surface area contributed by atoms with Crippen molar-refractivity contribution in [3.63, 3.8) is 0 Å². The molecule has 0 atom stereocenters. The molecule has 15 heavy (non-hydrogen) atoms. The van der Waals surface area contributed by atoms with Crippen molar-refractivity contribution in [2.24, 2.45) is 0 Å². The molecule has 0 aliphatic heterocycles. The SMILES string of the molecule is O=C(CNC1CCCC1)Nc1nncs1. The lowest BCUT2D eigenvalue weighted by molar-refractivity contribution is -0.115. The van der Waals surface area contributed by atoms with E-state index in [0.29, 0.717) is 17.7 Å². The molecule has 82 valence electrons. The summed E-state index contributed by atoms with van der Waals surface area (Å²) in [6.45, 7) is 0.365. The van der Waals surface area contributed by atoms with Crippen LogP contribution in [0.15, 0.2) is 5.51 Å². The quantitative estimate of drug-likeness (QED) is 0.804. The van der Waals surface area contributed by atoms with Crippen molar-refractivity contribution in [2.75, 3.05) is 11.9 Å². The lowest BCUT2D eigenvalue weighted by atomic mass is 10.2. The number of carbonyl (C=O) groups is 1. The number of anilines is 1. The molecule has 6 heteroatoms. The first-order chi connectivity index (χ1) is 7.34. The molecular weight excluding hydrogens is 212 g/mol. The van der Waals surface area contributed by atoms with Crippen molar-refractivity contribution in [3.05, 3.63) is 5.51 Å². The molecule has 2 rings (SSSR count). The highest BCUT2D eigenvalue weighted by atomic mass is 32.1. The Morgan fingerprint density at radius 2 is 2.33 bits per heavy atom. The van der Waals surface area contributed by atoms with Gasteiger partial charge in [0.2, 0.25) is 11.0 Å². The highest BCUT2D eigenvalue weighted by molar-refractivity contribution is 7.13. The topological polar surface area (TPSA) is 66.9 Å². The predicted octanol–water partition coefficient (Wildman–Crippen LogP) is 1.01. The molecule has 1 heterocycles. The van der Waals surface area contributed by atoms with Crippen molar-refractivity contribution in [2.45, 2.75) is 31.7 Å². The number of aromatic nitrogens is 2. The van der Waals surface area contributed by atoms with Crippen LogP contribution in [0.25, 0.3) is 0 Å². The molecule has 0 aromatic carbocycles. The van der Waals surface area contributed by atoms with Gasteiger partial charge in [0.15, 0.2) is 0 Å². The molecule has 1 aliphatic rings. The minimum Gasteiger partial charge on any atom is -0.306 e. The van der Waals surface area contributed by atoms with Crippen LogP contribution in [0.4, 0.5) is 5.13 Å². The smallest absolute Gasteiger partial charge is 0.240 e. The van der Waals surface area contributed by atoms with Crippen molar-refractivity contribution in [1.29, 1.82) is 0 Å². The minimum atomic E-state index is -0.0429. The predicted molar refractivity (Wildman–Crippen MR) is 58.8 cm³/mol. The highest BCUT2D eigenvalue weighted by Gasteiger charge is 2.15. The Bertz CT molecular complexity index is 308. The number of amides is 1. The molecule has 0 bridgehead atoms. The first kappa shape index (κ1) is 10.5. The summed E-state index contributed by atoms with van der Waals surface area (Å²) in [5, 5.41) is 13.9. The monoisotopic (exact) mass is 226 g/mol. The number of hydrogen-bond donors (Lipinski definition) is 2. The maximum absolute atomic E-state index is 11.4. The largest absolute Gasteiger partial charge is 0.306 e. The second kappa shape index (κ2) is 5.18. The van der Waals surface area contributed by atoms with Gasteiger partial charge >= 0.3 is 0 Å². The summed E-state index contributed by atoms with van der Waals surface area (Å²) >= 11 is 1.33. The van der Waals surface area contributed by atoms with Crippen LogP contribution >= 0.6 is 11.3 Å².